The minimum Gasteiger partial charge on any atom is -0.493 e. The zero-order valence-electron chi connectivity index (χ0n) is 15.3. The van der Waals surface area contributed by atoms with Gasteiger partial charge in [-0.05, 0) is 44.4 Å². The first kappa shape index (κ1) is 19.5. The van der Waals surface area contributed by atoms with Gasteiger partial charge >= 0.3 is 7.60 Å². The van der Waals surface area contributed by atoms with Crippen molar-refractivity contribution in [1.29, 1.82) is 0 Å². The van der Waals surface area contributed by atoms with Crippen LogP contribution in [0.3, 0.4) is 0 Å². The first-order valence-corrected chi connectivity index (χ1v) is 10.8. The molecular formula is C19H31O4P. The minimum absolute atomic E-state index is 0.298. The molecule has 24 heavy (non-hydrogen) atoms. The zero-order chi connectivity index (χ0) is 17.5. The van der Waals surface area contributed by atoms with Gasteiger partial charge in [0.1, 0.15) is 5.75 Å². The fraction of sp³-hybridized carbons (Fsp3) is 0.684. The Morgan fingerprint density at radius 1 is 1.00 bits per heavy atom. The SMILES string of the molecule is CCOP(=O)(Cc1ccc(OCC2(C)CCCCC2)cc1)OCC. The van der Waals surface area contributed by atoms with Crippen molar-refractivity contribution in [3.63, 3.8) is 0 Å². The third kappa shape index (κ3) is 5.91. The molecule has 1 aliphatic carbocycles. The van der Waals surface area contributed by atoms with E-state index in [-0.39, 0.29) is 0 Å². The molecule has 0 aliphatic heterocycles. The predicted molar refractivity (Wildman–Crippen MR) is 97.7 cm³/mol. The summed E-state index contributed by atoms with van der Waals surface area (Å²) in [7, 11) is -3.05. The lowest BCUT2D eigenvalue weighted by atomic mass is 9.76. The highest BCUT2D eigenvalue weighted by Crippen LogP contribution is 2.51. The Morgan fingerprint density at radius 3 is 2.12 bits per heavy atom. The normalized spacial score (nSPS) is 17.6. The average Bonchev–Trinajstić information content (AvgIpc) is 2.55. The van der Waals surface area contributed by atoms with E-state index in [2.05, 4.69) is 6.92 Å². The van der Waals surface area contributed by atoms with Gasteiger partial charge in [-0.2, -0.15) is 0 Å². The van der Waals surface area contributed by atoms with Crippen molar-refractivity contribution in [2.45, 2.75) is 59.0 Å². The Kier molecular flexibility index (Phi) is 7.34. The van der Waals surface area contributed by atoms with Crippen LogP contribution >= 0.6 is 7.60 Å². The summed E-state index contributed by atoms with van der Waals surface area (Å²) >= 11 is 0. The number of ether oxygens (including phenoxy) is 1. The van der Waals surface area contributed by atoms with Gasteiger partial charge in [-0.25, -0.2) is 0 Å². The van der Waals surface area contributed by atoms with E-state index in [1.165, 1.54) is 32.1 Å². The van der Waals surface area contributed by atoms with Gasteiger partial charge in [-0.15, -0.1) is 0 Å². The van der Waals surface area contributed by atoms with Crippen LogP contribution in [-0.4, -0.2) is 19.8 Å². The molecule has 4 nitrogen and oxygen atoms in total. The van der Waals surface area contributed by atoms with E-state index in [9.17, 15) is 4.57 Å². The smallest absolute Gasteiger partial charge is 0.335 e. The summed E-state index contributed by atoms with van der Waals surface area (Å²) in [6.45, 7) is 7.51. The molecule has 1 aliphatic rings. The Hall–Kier alpha value is -0.830. The van der Waals surface area contributed by atoms with Crippen LogP contribution in [0.2, 0.25) is 0 Å². The summed E-state index contributed by atoms with van der Waals surface area (Å²) in [5.41, 5.74) is 1.24. The number of rotatable bonds is 9. The molecule has 0 aromatic heterocycles. The third-order valence-corrected chi connectivity index (χ3v) is 6.65. The average molecular weight is 354 g/mol. The monoisotopic (exact) mass is 354 g/mol. The van der Waals surface area contributed by atoms with Crippen LogP contribution in [0.25, 0.3) is 0 Å². The molecule has 0 atom stereocenters. The second-order valence-corrected chi connectivity index (χ2v) is 8.96. The molecule has 0 amide bonds. The highest BCUT2D eigenvalue weighted by atomic mass is 31.2. The molecule has 5 heteroatoms. The van der Waals surface area contributed by atoms with Gasteiger partial charge in [0, 0.05) is 5.41 Å². The largest absolute Gasteiger partial charge is 0.493 e. The molecule has 0 heterocycles. The van der Waals surface area contributed by atoms with E-state index in [0.29, 0.717) is 24.8 Å². The summed E-state index contributed by atoms with van der Waals surface area (Å²) in [5, 5.41) is 0. The topological polar surface area (TPSA) is 44.8 Å². The molecule has 0 unspecified atom stereocenters. The Balaban J connectivity index is 1.91. The van der Waals surface area contributed by atoms with Gasteiger partial charge in [0.2, 0.25) is 0 Å². The van der Waals surface area contributed by atoms with Crippen molar-refractivity contribution in [3.8, 4) is 5.75 Å². The highest BCUT2D eigenvalue weighted by Gasteiger charge is 2.27. The van der Waals surface area contributed by atoms with Crippen LogP contribution in [0.15, 0.2) is 24.3 Å². The Labute approximate surface area is 146 Å². The summed E-state index contributed by atoms with van der Waals surface area (Å²) in [6.07, 6.45) is 6.76. The second kappa shape index (κ2) is 9.03. The minimum atomic E-state index is -3.05. The van der Waals surface area contributed by atoms with Crippen molar-refractivity contribution in [2.24, 2.45) is 5.41 Å². The van der Waals surface area contributed by atoms with Crippen LogP contribution in [0, 0.1) is 5.41 Å². The predicted octanol–water partition coefficient (Wildman–Crippen LogP) is 5.80. The van der Waals surface area contributed by atoms with E-state index in [4.69, 9.17) is 13.8 Å². The van der Waals surface area contributed by atoms with Crippen LogP contribution < -0.4 is 4.74 Å². The molecule has 0 N–H and O–H groups in total. The molecule has 1 aromatic carbocycles. The van der Waals surface area contributed by atoms with Crippen molar-refractivity contribution >= 4 is 7.60 Å². The standard InChI is InChI=1S/C19H31O4P/c1-4-22-24(20,23-5-2)15-17-9-11-18(12-10-17)21-16-19(3)13-7-6-8-14-19/h9-12H,4-8,13-16H2,1-3H3. The van der Waals surface area contributed by atoms with Crippen molar-refractivity contribution < 1.29 is 18.3 Å². The number of hydrogen-bond donors (Lipinski definition) is 0. The summed E-state index contributed by atoms with van der Waals surface area (Å²) in [5.74, 6) is 0.869. The molecule has 1 fully saturated rings. The van der Waals surface area contributed by atoms with Gasteiger partial charge in [-0.3, -0.25) is 4.57 Å². The second-order valence-electron chi connectivity index (χ2n) is 6.91. The third-order valence-electron chi connectivity index (χ3n) is 4.60. The first-order chi connectivity index (χ1) is 11.5. The molecule has 1 aromatic rings. The van der Waals surface area contributed by atoms with Crippen LogP contribution in [0.4, 0.5) is 0 Å². The van der Waals surface area contributed by atoms with E-state index in [0.717, 1.165) is 17.9 Å². The molecule has 0 radical (unpaired) electrons. The first-order valence-electron chi connectivity index (χ1n) is 9.08. The molecule has 0 bridgehead atoms. The molecular weight excluding hydrogens is 323 g/mol. The van der Waals surface area contributed by atoms with Crippen LogP contribution in [0.5, 0.6) is 5.75 Å². The summed E-state index contributed by atoms with van der Waals surface area (Å²) in [6, 6.07) is 7.79. The highest BCUT2D eigenvalue weighted by molar-refractivity contribution is 7.53. The van der Waals surface area contributed by atoms with E-state index >= 15 is 0 Å². The quantitative estimate of drug-likeness (QED) is 0.526. The lowest BCUT2D eigenvalue weighted by Crippen LogP contribution is -2.27. The molecule has 1 saturated carbocycles. The maximum atomic E-state index is 12.6. The molecule has 136 valence electrons. The van der Waals surface area contributed by atoms with E-state index < -0.39 is 7.60 Å². The van der Waals surface area contributed by atoms with E-state index in [1.54, 1.807) is 0 Å². The Bertz CT molecular complexity index is 525. The van der Waals surface area contributed by atoms with Crippen molar-refractivity contribution in [2.75, 3.05) is 19.8 Å². The van der Waals surface area contributed by atoms with Crippen molar-refractivity contribution in [3.05, 3.63) is 29.8 Å². The van der Waals surface area contributed by atoms with Gasteiger partial charge < -0.3 is 13.8 Å². The number of benzene rings is 1. The van der Waals surface area contributed by atoms with Gasteiger partial charge in [0.05, 0.1) is 26.0 Å². The van der Waals surface area contributed by atoms with Gasteiger partial charge in [-0.1, -0.05) is 38.3 Å². The van der Waals surface area contributed by atoms with Gasteiger partial charge in [0.25, 0.3) is 0 Å². The maximum Gasteiger partial charge on any atom is 0.335 e. The Morgan fingerprint density at radius 2 is 1.58 bits per heavy atom. The number of hydrogen-bond acceptors (Lipinski definition) is 4. The van der Waals surface area contributed by atoms with E-state index in [1.807, 2.05) is 38.1 Å². The van der Waals surface area contributed by atoms with Crippen molar-refractivity contribution in [1.82, 2.24) is 0 Å². The lowest BCUT2D eigenvalue weighted by Gasteiger charge is -2.33. The lowest BCUT2D eigenvalue weighted by molar-refractivity contribution is 0.116. The zero-order valence-corrected chi connectivity index (χ0v) is 16.1. The fourth-order valence-corrected chi connectivity index (χ4v) is 4.95. The summed E-state index contributed by atoms with van der Waals surface area (Å²) < 4.78 is 29.3. The molecule has 0 spiro atoms. The maximum absolute atomic E-state index is 12.6. The molecule has 0 saturated heterocycles. The fourth-order valence-electron chi connectivity index (χ4n) is 3.24. The molecule has 2 rings (SSSR count). The summed E-state index contributed by atoms with van der Waals surface area (Å²) in [4.78, 5) is 0. The van der Waals surface area contributed by atoms with Crippen LogP contribution in [-0.2, 0) is 19.8 Å². The van der Waals surface area contributed by atoms with Gasteiger partial charge in [0.15, 0.2) is 0 Å². The van der Waals surface area contributed by atoms with Crippen LogP contribution in [0.1, 0.15) is 58.4 Å².